The zero-order valence-corrected chi connectivity index (χ0v) is 15.1. The van der Waals surface area contributed by atoms with Crippen molar-refractivity contribution in [2.75, 3.05) is 10.6 Å². The summed E-state index contributed by atoms with van der Waals surface area (Å²) in [5.74, 6) is -0.573. The van der Waals surface area contributed by atoms with Crippen LogP contribution in [-0.4, -0.2) is 21.9 Å². The Morgan fingerprint density at radius 3 is 2.54 bits per heavy atom. The molecule has 0 aliphatic heterocycles. The molecule has 0 atom stereocenters. The Morgan fingerprint density at radius 1 is 1.12 bits per heavy atom. The fourth-order valence-corrected chi connectivity index (χ4v) is 2.47. The number of rotatable bonds is 3. The number of amides is 2. The summed E-state index contributed by atoms with van der Waals surface area (Å²) in [6.45, 7) is 1.42. The summed E-state index contributed by atoms with van der Waals surface area (Å²) in [6.07, 6.45) is 0. The van der Waals surface area contributed by atoms with Crippen molar-refractivity contribution in [2.24, 2.45) is 0 Å². The molecular formula is C17H13ClN4O3S. The fraction of sp³-hybridized carbons (Fsp3) is 0.0588. The predicted octanol–water partition coefficient (Wildman–Crippen LogP) is 3.57. The van der Waals surface area contributed by atoms with E-state index in [2.05, 4.69) is 20.9 Å². The minimum atomic E-state index is -0.386. The van der Waals surface area contributed by atoms with Crippen molar-refractivity contribution >= 4 is 63.5 Å². The zero-order chi connectivity index (χ0) is 18.7. The lowest BCUT2D eigenvalue weighted by Crippen LogP contribution is -2.34. The first-order chi connectivity index (χ1) is 12.4. The molecule has 0 unspecified atom stereocenters. The van der Waals surface area contributed by atoms with Gasteiger partial charge in [0.1, 0.15) is 5.52 Å². The SMILES string of the molecule is CC(=O)Nc1ccc2nc(NC(=S)NC(=O)c3ccc(Cl)cc3)oc2c1. The highest BCUT2D eigenvalue weighted by atomic mass is 35.5. The summed E-state index contributed by atoms with van der Waals surface area (Å²) in [5.41, 5.74) is 2.04. The maximum Gasteiger partial charge on any atom is 0.302 e. The van der Waals surface area contributed by atoms with E-state index in [4.69, 9.17) is 28.2 Å². The second-order valence-electron chi connectivity index (χ2n) is 5.30. The van der Waals surface area contributed by atoms with Crippen LogP contribution < -0.4 is 16.0 Å². The zero-order valence-electron chi connectivity index (χ0n) is 13.5. The quantitative estimate of drug-likeness (QED) is 0.593. The third-order valence-electron chi connectivity index (χ3n) is 3.26. The van der Waals surface area contributed by atoms with Crippen molar-refractivity contribution in [2.45, 2.75) is 6.92 Å². The van der Waals surface area contributed by atoms with Crippen molar-refractivity contribution in [1.29, 1.82) is 0 Å². The minimum absolute atomic E-state index is 0.0404. The normalized spacial score (nSPS) is 10.4. The highest BCUT2D eigenvalue weighted by Crippen LogP contribution is 2.22. The Kier molecular flexibility index (Phi) is 5.15. The first kappa shape index (κ1) is 17.8. The molecule has 0 radical (unpaired) electrons. The number of carbonyl (C=O) groups is 2. The molecule has 132 valence electrons. The molecule has 3 N–H and O–H groups in total. The lowest BCUT2D eigenvalue weighted by Gasteiger charge is -2.06. The Labute approximate surface area is 158 Å². The summed E-state index contributed by atoms with van der Waals surface area (Å²) >= 11 is 10.9. The number of benzene rings is 2. The number of nitrogens with one attached hydrogen (secondary N) is 3. The van der Waals surface area contributed by atoms with Gasteiger partial charge in [0.05, 0.1) is 0 Å². The van der Waals surface area contributed by atoms with Crippen LogP contribution in [0.25, 0.3) is 11.1 Å². The molecule has 2 aromatic carbocycles. The van der Waals surface area contributed by atoms with Gasteiger partial charge in [-0.05, 0) is 48.6 Å². The van der Waals surface area contributed by atoms with Crippen molar-refractivity contribution < 1.29 is 14.0 Å². The predicted molar refractivity (Wildman–Crippen MR) is 103 cm³/mol. The number of hydrogen-bond acceptors (Lipinski definition) is 5. The monoisotopic (exact) mass is 388 g/mol. The molecule has 0 spiro atoms. The highest BCUT2D eigenvalue weighted by Gasteiger charge is 2.11. The van der Waals surface area contributed by atoms with Crippen LogP contribution >= 0.6 is 23.8 Å². The average Bonchev–Trinajstić information content (AvgIpc) is 2.96. The van der Waals surface area contributed by atoms with Gasteiger partial charge in [-0.1, -0.05) is 11.6 Å². The van der Waals surface area contributed by atoms with Crippen molar-refractivity contribution in [3.63, 3.8) is 0 Å². The maximum atomic E-state index is 12.1. The summed E-state index contributed by atoms with van der Waals surface area (Å²) in [5, 5.41) is 8.47. The van der Waals surface area contributed by atoms with Gasteiger partial charge in [0, 0.05) is 29.3 Å². The Balaban J connectivity index is 1.67. The summed E-state index contributed by atoms with van der Waals surface area (Å²) in [6, 6.07) is 11.6. The van der Waals surface area contributed by atoms with Crippen LogP contribution in [0, 0.1) is 0 Å². The van der Waals surface area contributed by atoms with E-state index >= 15 is 0 Å². The van der Waals surface area contributed by atoms with Crippen molar-refractivity contribution in [3.8, 4) is 0 Å². The minimum Gasteiger partial charge on any atom is -0.423 e. The molecule has 7 nitrogen and oxygen atoms in total. The number of nitrogens with zero attached hydrogens (tertiary/aromatic N) is 1. The second-order valence-corrected chi connectivity index (χ2v) is 6.14. The summed E-state index contributed by atoms with van der Waals surface area (Å²) < 4.78 is 5.53. The number of thiocarbonyl (C=S) groups is 1. The fourth-order valence-electron chi connectivity index (χ4n) is 2.16. The van der Waals surface area contributed by atoms with Crippen molar-refractivity contribution in [1.82, 2.24) is 10.3 Å². The van der Waals surface area contributed by atoms with E-state index in [1.54, 1.807) is 42.5 Å². The molecule has 0 aliphatic carbocycles. The Hall–Kier alpha value is -2.97. The van der Waals surface area contributed by atoms with Crippen LogP contribution in [0.2, 0.25) is 5.02 Å². The second kappa shape index (κ2) is 7.51. The Bertz CT molecular complexity index is 1000. The van der Waals surface area contributed by atoms with E-state index in [0.29, 0.717) is 27.4 Å². The van der Waals surface area contributed by atoms with Gasteiger partial charge < -0.3 is 9.73 Å². The molecule has 2 amide bonds. The smallest absolute Gasteiger partial charge is 0.302 e. The number of aromatic nitrogens is 1. The van der Waals surface area contributed by atoms with E-state index in [1.807, 2.05) is 0 Å². The lowest BCUT2D eigenvalue weighted by molar-refractivity contribution is -0.114. The van der Waals surface area contributed by atoms with Crippen molar-refractivity contribution in [3.05, 3.63) is 53.1 Å². The standard InChI is InChI=1S/C17H13ClN4O3S/c1-9(23)19-12-6-7-13-14(8-12)25-16(20-13)22-17(26)21-15(24)10-2-4-11(18)5-3-10/h2-8H,1H3,(H,19,23)(H2,20,21,22,24,26). The third-order valence-corrected chi connectivity index (χ3v) is 3.72. The molecule has 0 fully saturated rings. The van der Waals surface area contributed by atoms with Crippen LogP contribution in [0.4, 0.5) is 11.7 Å². The van der Waals surface area contributed by atoms with Gasteiger partial charge in [0.15, 0.2) is 10.7 Å². The van der Waals surface area contributed by atoms with E-state index in [-0.39, 0.29) is 22.9 Å². The van der Waals surface area contributed by atoms with Gasteiger partial charge in [0.25, 0.3) is 5.91 Å². The molecule has 3 rings (SSSR count). The highest BCUT2D eigenvalue weighted by molar-refractivity contribution is 7.80. The van der Waals surface area contributed by atoms with Gasteiger partial charge in [-0.3, -0.25) is 20.2 Å². The maximum absolute atomic E-state index is 12.1. The number of hydrogen-bond donors (Lipinski definition) is 3. The Morgan fingerprint density at radius 2 is 1.85 bits per heavy atom. The van der Waals surface area contributed by atoms with Gasteiger partial charge in [-0.15, -0.1) is 0 Å². The molecule has 0 saturated heterocycles. The first-order valence-corrected chi connectivity index (χ1v) is 8.25. The van der Waals surface area contributed by atoms with E-state index in [1.165, 1.54) is 6.92 Å². The summed E-state index contributed by atoms with van der Waals surface area (Å²) in [4.78, 5) is 27.4. The van der Waals surface area contributed by atoms with E-state index in [9.17, 15) is 9.59 Å². The number of anilines is 2. The molecule has 1 aromatic heterocycles. The number of carbonyl (C=O) groups excluding carboxylic acids is 2. The van der Waals surface area contributed by atoms with E-state index in [0.717, 1.165) is 0 Å². The molecule has 0 aliphatic rings. The third kappa shape index (κ3) is 4.35. The number of oxazole rings is 1. The largest absolute Gasteiger partial charge is 0.423 e. The first-order valence-electron chi connectivity index (χ1n) is 7.47. The van der Waals surface area contributed by atoms with Gasteiger partial charge in [-0.25, -0.2) is 0 Å². The topological polar surface area (TPSA) is 96.3 Å². The molecule has 3 aromatic rings. The van der Waals surface area contributed by atoms with Crippen LogP contribution in [0.3, 0.4) is 0 Å². The van der Waals surface area contributed by atoms with Crippen LogP contribution in [0.15, 0.2) is 46.9 Å². The summed E-state index contributed by atoms with van der Waals surface area (Å²) in [7, 11) is 0. The number of fused-ring (bicyclic) bond motifs is 1. The van der Waals surface area contributed by atoms with Gasteiger partial charge >= 0.3 is 6.01 Å². The van der Waals surface area contributed by atoms with E-state index < -0.39 is 0 Å². The molecular weight excluding hydrogens is 376 g/mol. The van der Waals surface area contributed by atoms with Gasteiger partial charge in [0.2, 0.25) is 5.91 Å². The molecule has 26 heavy (non-hydrogen) atoms. The van der Waals surface area contributed by atoms with Crippen LogP contribution in [0.5, 0.6) is 0 Å². The van der Waals surface area contributed by atoms with Crippen LogP contribution in [0.1, 0.15) is 17.3 Å². The van der Waals surface area contributed by atoms with Gasteiger partial charge in [-0.2, -0.15) is 4.98 Å². The molecule has 1 heterocycles. The molecule has 9 heteroatoms. The van der Waals surface area contributed by atoms with Crippen LogP contribution in [-0.2, 0) is 4.79 Å². The molecule has 0 bridgehead atoms. The lowest BCUT2D eigenvalue weighted by atomic mass is 10.2. The number of halogens is 1. The average molecular weight is 389 g/mol. The molecule has 0 saturated carbocycles.